The topological polar surface area (TPSA) is 55.1 Å². The van der Waals surface area contributed by atoms with Gasteiger partial charge in [-0.25, -0.2) is 0 Å². The fourth-order valence-electron chi connectivity index (χ4n) is 1.75. The summed E-state index contributed by atoms with van der Waals surface area (Å²) in [4.78, 5) is 12.5. The first-order chi connectivity index (χ1) is 9.49. The van der Waals surface area contributed by atoms with Gasteiger partial charge in [-0.2, -0.15) is 0 Å². The van der Waals surface area contributed by atoms with E-state index < -0.39 is 0 Å². The van der Waals surface area contributed by atoms with Crippen molar-refractivity contribution in [2.75, 3.05) is 5.32 Å². The minimum atomic E-state index is -0.190. The van der Waals surface area contributed by atoms with E-state index >= 15 is 0 Å². The molecule has 5 heteroatoms. The number of nitrogens with one attached hydrogen (secondary N) is 1. The Morgan fingerprint density at radius 1 is 1.20 bits per heavy atom. The molecule has 0 saturated heterocycles. The van der Waals surface area contributed by atoms with Crippen molar-refractivity contribution >= 4 is 44.7 Å². The number of carbonyl (C=O) groups is 1. The van der Waals surface area contributed by atoms with Crippen LogP contribution >= 0.6 is 28.1 Å². The number of hydrogen-bond acceptors (Lipinski definition) is 2. The zero-order valence-corrected chi connectivity index (χ0v) is 13.2. The summed E-state index contributed by atoms with van der Waals surface area (Å²) in [7, 11) is 0. The number of nitrogens with two attached hydrogens (primary N) is 1. The SMILES string of the molecule is Cc1c(Br)cccc1NC(=O)c1cccc(C(N)=S)c1. The first-order valence-electron chi connectivity index (χ1n) is 5.95. The lowest BCUT2D eigenvalue weighted by Gasteiger charge is -2.10. The lowest BCUT2D eigenvalue weighted by atomic mass is 10.1. The highest BCUT2D eigenvalue weighted by Gasteiger charge is 2.10. The van der Waals surface area contributed by atoms with Crippen molar-refractivity contribution in [2.24, 2.45) is 5.73 Å². The third-order valence-corrected chi connectivity index (χ3v) is 4.02. The van der Waals surface area contributed by atoms with Gasteiger partial charge in [0.15, 0.2) is 0 Å². The van der Waals surface area contributed by atoms with Gasteiger partial charge in [-0.1, -0.05) is 46.3 Å². The van der Waals surface area contributed by atoms with Crippen molar-refractivity contribution < 1.29 is 4.79 Å². The molecule has 0 bridgehead atoms. The molecule has 20 heavy (non-hydrogen) atoms. The zero-order valence-electron chi connectivity index (χ0n) is 10.8. The van der Waals surface area contributed by atoms with Crippen LogP contribution in [0.4, 0.5) is 5.69 Å². The molecule has 0 aliphatic heterocycles. The summed E-state index contributed by atoms with van der Waals surface area (Å²) in [5.41, 5.74) is 8.52. The molecular formula is C15H13BrN2OS. The predicted molar refractivity (Wildman–Crippen MR) is 89.2 cm³/mol. The lowest BCUT2D eigenvalue weighted by Crippen LogP contribution is -2.15. The van der Waals surface area contributed by atoms with Crippen LogP contribution in [0.5, 0.6) is 0 Å². The van der Waals surface area contributed by atoms with Crippen LogP contribution in [0.15, 0.2) is 46.9 Å². The minimum absolute atomic E-state index is 0.190. The molecule has 2 aromatic carbocycles. The van der Waals surface area contributed by atoms with Crippen LogP contribution in [0.2, 0.25) is 0 Å². The number of anilines is 1. The van der Waals surface area contributed by atoms with Crippen LogP contribution in [0.1, 0.15) is 21.5 Å². The van der Waals surface area contributed by atoms with Crippen molar-refractivity contribution in [3.05, 3.63) is 63.6 Å². The molecule has 0 unspecified atom stereocenters. The fraction of sp³-hybridized carbons (Fsp3) is 0.0667. The smallest absolute Gasteiger partial charge is 0.255 e. The molecule has 102 valence electrons. The largest absolute Gasteiger partial charge is 0.389 e. The first-order valence-corrected chi connectivity index (χ1v) is 7.15. The van der Waals surface area contributed by atoms with Crippen LogP contribution in [0.25, 0.3) is 0 Å². The minimum Gasteiger partial charge on any atom is -0.389 e. The van der Waals surface area contributed by atoms with Gasteiger partial charge in [0, 0.05) is 21.3 Å². The average Bonchev–Trinajstić information content (AvgIpc) is 2.44. The van der Waals surface area contributed by atoms with E-state index in [0.717, 1.165) is 15.7 Å². The van der Waals surface area contributed by atoms with Crippen molar-refractivity contribution in [1.29, 1.82) is 0 Å². The molecule has 0 fully saturated rings. The Morgan fingerprint density at radius 3 is 2.55 bits per heavy atom. The van der Waals surface area contributed by atoms with Crippen molar-refractivity contribution in [2.45, 2.75) is 6.92 Å². The van der Waals surface area contributed by atoms with E-state index in [2.05, 4.69) is 21.2 Å². The zero-order chi connectivity index (χ0) is 14.7. The highest BCUT2D eigenvalue weighted by atomic mass is 79.9. The van der Waals surface area contributed by atoms with Gasteiger partial charge in [0.05, 0.1) is 0 Å². The summed E-state index contributed by atoms with van der Waals surface area (Å²) in [6.07, 6.45) is 0. The van der Waals surface area contributed by atoms with Gasteiger partial charge in [0.25, 0.3) is 5.91 Å². The van der Waals surface area contributed by atoms with Gasteiger partial charge in [-0.15, -0.1) is 0 Å². The number of rotatable bonds is 3. The Labute approximate surface area is 131 Å². The maximum absolute atomic E-state index is 12.2. The highest BCUT2D eigenvalue weighted by molar-refractivity contribution is 9.10. The Hall–Kier alpha value is -1.72. The van der Waals surface area contributed by atoms with E-state index in [4.69, 9.17) is 18.0 Å². The second kappa shape index (κ2) is 6.15. The fourth-order valence-corrected chi connectivity index (χ4v) is 2.24. The van der Waals surface area contributed by atoms with E-state index in [1.165, 1.54) is 0 Å². The number of benzene rings is 2. The average molecular weight is 349 g/mol. The second-order valence-corrected chi connectivity index (χ2v) is 5.61. The van der Waals surface area contributed by atoms with Gasteiger partial charge in [0.2, 0.25) is 0 Å². The summed E-state index contributed by atoms with van der Waals surface area (Å²) in [5.74, 6) is -0.190. The Bertz CT molecular complexity index is 685. The molecule has 0 aliphatic rings. The Balaban J connectivity index is 2.26. The number of thiocarbonyl (C=S) groups is 1. The molecule has 0 atom stereocenters. The molecule has 2 aromatic rings. The molecule has 0 heterocycles. The molecule has 3 nitrogen and oxygen atoms in total. The lowest BCUT2D eigenvalue weighted by molar-refractivity contribution is 0.102. The Kier molecular flexibility index (Phi) is 4.52. The third kappa shape index (κ3) is 3.23. The van der Waals surface area contributed by atoms with Crippen molar-refractivity contribution in [1.82, 2.24) is 0 Å². The molecule has 2 rings (SSSR count). The summed E-state index contributed by atoms with van der Waals surface area (Å²) < 4.78 is 0.951. The van der Waals surface area contributed by atoms with Crippen LogP contribution < -0.4 is 11.1 Å². The quantitative estimate of drug-likeness (QED) is 0.832. The van der Waals surface area contributed by atoms with Crippen LogP contribution in [0.3, 0.4) is 0 Å². The maximum Gasteiger partial charge on any atom is 0.255 e. The molecule has 0 radical (unpaired) electrons. The number of carbonyl (C=O) groups excluding carboxylic acids is 1. The van der Waals surface area contributed by atoms with E-state index in [-0.39, 0.29) is 10.9 Å². The standard InChI is InChI=1S/C15H13BrN2OS/c1-9-12(16)6-3-7-13(9)18-15(19)11-5-2-4-10(8-11)14(17)20/h2-8H,1H3,(H2,17,20)(H,18,19). The number of halogens is 1. The van der Waals surface area contributed by atoms with Crippen molar-refractivity contribution in [3.63, 3.8) is 0 Å². The second-order valence-electron chi connectivity index (χ2n) is 4.31. The molecular weight excluding hydrogens is 336 g/mol. The van der Waals surface area contributed by atoms with Gasteiger partial charge >= 0.3 is 0 Å². The normalized spacial score (nSPS) is 10.1. The molecule has 0 aliphatic carbocycles. The third-order valence-electron chi connectivity index (χ3n) is 2.93. The summed E-state index contributed by atoms with van der Waals surface area (Å²) in [6.45, 7) is 1.94. The van der Waals surface area contributed by atoms with E-state index in [9.17, 15) is 4.79 Å². The van der Waals surface area contributed by atoms with E-state index in [1.807, 2.05) is 25.1 Å². The van der Waals surface area contributed by atoms with E-state index in [1.54, 1.807) is 24.3 Å². The van der Waals surface area contributed by atoms with E-state index in [0.29, 0.717) is 11.1 Å². The van der Waals surface area contributed by atoms with Crippen LogP contribution in [-0.2, 0) is 0 Å². The first kappa shape index (κ1) is 14.7. The van der Waals surface area contributed by atoms with Crippen molar-refractivity contribution in [3.8, 4) is 0 Å². The highest BCUT2D eigenvalue weighted by Crippen LogP contribution is 2.24. The summed E-state index contributed by atoms with van der Waals surface area (Å²) in [5, 5.41) is 2.88. The van der Waals surface area contributed by atoms with Crippen LogP contribution in [-0.4, -0.2) is 10.9 Å². The molecule has 3 N–H and O–H groups in total. The number of hydrogen-bond donors (Lipinski definition) is 2. The number of amides is 1. The maximum atomic E-state index is 12.2. The van der Waals surface area contributed by atoms with Gasteiger partial charge in [-0.05, 0) is 36.8 Å². The Morgan fingerprint density at radius 2 is 1.85 bits per heavy atom. The molecule has 0 saturated carbocycles. The van der Waals surface area contributed by atoms with Gasteiger partial charge in [-0.3, -0.25) is 4.79 Å². The molecule has 0 aromatic heterocycles. The monoisotopic (exact) mass is 348 g/mol. The summed E-state index contributed by atoms with van der Waals surface area (Å²) >= 11 is 8.35. The molecule has 0 spiro atoms. The van der Waals surface area contributed by atoms with Gasteiger partial charge < -0.3 is 11.1 Å². The molecule has 1 amide bonds. The summed E-state index contributed by atoms with van der Waals surface area (Å²) in [6, 6.07) is 12.6. The van der Waals surface area contributed by atoms with Crippen LogP contribution in [0, 0.1) is 6.92 Å². The predicted octanol–water partition coefficient (Wildman–Crippen LogP) is 3.64. The van der Waals surface area contributed by atoms with Gasteiger partial charge in [0.1, 0.15) is 4.99 Å².